The van der Waals surface area contributed by atoms with Crippen molar-refractivity contribution in [2.75, 3.05) is 18.1 Å². The number of amides is 1. The van der Waals surface area contributed by atoms with Crippen LogP contribution in [-0.4, -0.2) is 25.1 Å². The quantitative estimate of drug-likeness (QED) is 0.888. The van der Waals surface area contributed by atoms with Gasteiger partial charge in [-0.3, -0.25) is 4.79 Å². The lowest BCUT2D eigenvalue weighted by Gasteiger charge is -2.34. The lowest BCUT2D eigenvalue weighted by atomic mass is 10.0. The minimum Gasteiger partial charge on any atom is -0.482 e. The number of hydrogen-bond acceptors (Lipinski definition) is 3. The summed E-state index contributed by atoms with van der Waals surface area (Å²) in [6, 6.07) is 6.00. The van der Waals surface area contributed by atoms with Gasteiger partial charge < -0.3 is 15.4 Å². The fourth-order valence-corrected chi connectivity index (χ4v) is 2.14. The van der Waals surface area contributed by atoms with Gasteiger partial charge in [-0.05, 0) is 30.5 Å². The van der Waals surface area contributed by atoms with Crippen LogP contribution in [-0.2, 0) is 4.79 Å². The zero-order valence-corrected chi connectivity index (χ0v) is 11.1. The highest BCUT2D eigenvalue weighted by molar-refractivity contribution is 5.98. The number of nitrogens with two attached hydrogens (primary N) is 1. The monoisotopic (exact) mass is 248 g/mol. The van der Waals surface area contributed by atoms with Crippen molar-refractivity contribution < 1.29 is 9.53 Å². The zero-order valence-electron chi connectivity index (χ0n) is 11.1. The average Bonchev–Trinajstić information content (AvgIpc) is 2.37. The van der Waals surface area contributed by atoms with Crippen molar-refractivity contribution >= 4 is 11.6 Å². The van der Waals surface area contributed by atoms with Crippen LogP contribution < -0.4 is 15.4 Å². The van der Waals surface area contributed by atoms with E-state index in [1.807, 2.05) is 25.1 Å². The summed E-state index contributed by atoms with van der Waals surface area (Å²) in [4.78, 5) is 13.7. The Hall–Kier alpha value is -1.55. The van der Waals surface area contributed by atoms with Crippen molar-refractivity contribution in [1.82, 2.24) is 0 Å². The molecule has 0 saturated heterocycles. The first-order chi connectivity index (χ1) is 8.54. The van der Waals surface area contributed by atoms with Crippen LogP contribution in [0.5, 0.6) is 5.75 Å². The van der Waals surface area contributed by atoms with Crippen LogP contribution in [0.1, 0.15) is 32.3 Å². The molecular weight excluding hydrogens is 228 g/mol. The van der Waals surface area contributed by atoms with Gasteiger partial charge in [0.05, 0.1) is 5.69 Å². The second-order valence-electron chi connectivity index (χ2n) is 5.02. The van der Waals surface area contributed by atoms with E-state index in [-0.39, 0.29) is 18.6 Å². The third kappa shape index (κ3) is 2.20. The minimum atomic E-state index is -0.0265. The second-order valence-corrected chi connectivity index (χ2v) is 5.02. The van der Waals surface area contributed by atoms with E-state index in [9.17, 15) is 4.79 Å². The van der Waals surface area contributed by atoms with Crippen LogP contribution in [0.25, 0.3) is 0 Å². The summed E-state index contributed by atoms with van der Waals surface area (Å²) in [6.07, 6.45) is 0. The maximum atomic E-state index is 12.0. The Balaban J connectivity index is 2.46. The summed E-state index contributed by atoms with van der Waals surface area (Å²) < 4.78 is 5.46. The fraction of sp³-hybridized carbons (Fsp3) is 0.500. The van der Waals surface area contributed by atoms with Crippen LogP contribution in [0.15, 0.2) is 18.2 Å². The molecule has 18 heavy (non-hydrogen) atoms. The van der Waals surface area contributed by atoms with Crippen LogP contribution in [0.4, 0.5) is 5.69 Å². The molecule has 4 heteroatoms. The number of ether oxygens (including phenoxy) is 1. The predicted octanol–water partition coefficient (Wildman–Crippen LogP) is 1.88. The molecule has 0 bridgehead atoms. The highest BCUT2D eigenvalue weighted by Gasteiger charge is 2.29. The smallest absolute Gasteiger partial charge is 0.265 e. The van der Waals surface area contributed by atoms with Gasteiger partial charge in [0.1, 0.15) is 5.75 Å². The highest BCUT2D eigenvalue weighted by Crippen LogP contribution is 2.35. The van der Waals surface area contributed by atoms with Gasteiger partial charge in [-0.2, -0.15) is 0 Å². The number of anilines is 1. The molecule has 1 aromatic rings. The standard InChI is InChI=1S/C14H20N2O2/c1-9(2)11-4-5-13-12(6-11)16(10(3)7-15)14(17)8-18-13/h4-6,9-10H,7-8,15H2,1-3H3. The molecule has 1 amide bonds. The van der Waals surface area contributed by atoms with E-state index in [2.05, 4.69) is 13.8 Å². The highest BCUT2D eigenvalue weighted by atomic mass is 16.5. The van der Waals surface area contributed by atoms with E-state index in [4.69, 9.17) is 10.5 Å². The largest absolute Gasteiger partial charge is 0.482 e. The van der Waals surface area contributed by atoms with Crippen molar-refractivity contribution in [2.45, 2.75) is 32.7 Å². The van der Waals surface area contributed by atoms with E-state index < -0.39 is 0 Å². The van der Waals surface area contributed by atoms with Gasteiger partial charge in [0.2, 0.25) is 0 Å². The maximum Gasteiger partial charge on any atom is 0.265 e. The molecule has 98 valence electrons. The van der Waals surface area contributed by atoms with Crippen molar-refractivity contribution in [1.29, 1.82) is 0 Å². The molecule has 1 aliphatic heterocycles. The third-order valence-electron chi connectivity index (χ3n) is 3.31. The van der Waals surface area contributed by atoms with E-state index in [1.165, 1.54) is 5.56 Å². The summed E-state index contributed by atoms with van der Waals surface area (Å²) in [6.45, 7) is 6.75. The molecule has 2 rings (SSSR count). The molecule has 1 unspecified atom stereocenters. The molecule has 0 spiro atoms. The Kier molecular flexibility index (Phi) is 3.57. The lowest BCUT2D eigenvalue weighted by Crippen LogP contribution is -2.47. The average molecular weight is 248 g/mol. The van der Waals surface area contributed by atoms with Gasteiger partial charge in [0.15, 0.2) is 6.61 Å². The third-order valence-corrected chi connectivity index (χ3v) is 3.31. The predicted molar refractivity (Wildman–Crippen MR) is 72.0 cm³/mol. The lowest BCUT2D eigenvalue weighted by molar-refractivity contribution is -0.121. The van der Waals surface area contributed by atoms with Crippen LogP contribution in [0, 0.1) is 0 Å². The molecule has 1 aromatic carbocycles. The van der Waals surface area contributed by atoms with Crippen LogP contribution in [0.3, 0.4) is 0 Å². The summed E-state index contributed by atoms with van der Waals surface area (Å²) in [5, 5.41) is 0. The van der Waals surface area contributed by atoms with Gasteiger partial charge in [-0.1, -0.05) is 19.9 Å². The molecule has 0 aliphatic carbocycles. The number of carbonyl (C=O) groups excluding carboxylic acids is 1. The zero-order chi connectivity index (χ0) is 13.3. The molecule has 1 heterocycles. The maximum absolute atomic E-state index is 12.0. The van der Waals surface area contributed by atoms with E-state index in [0.29, 0.717) is 12.5 Å². The Morgan fingerprint density at radius 2 is 2.11 bits per heavy atom. The molecule has 2 N–H and O–H groups in total. The van der Waals surface area contributed by atoms with E-state index in [1.54, 1.807) is 4.90 Å². The number of benzene rings is 1. The Labute approximate surface area is 108 Å². The summed E-state index contributed by atoms with van der Waals surface area (Å²) in [5.41, 5.74) is 7.72. The normalized spacial score (nSPS) is 16.5. The molecule has 0 fully saturated rings. The molecule has 1 atom stereocenters. The second kappa shape index (κ2) is 4.98. The number of hydrogen-bond donors (Lipinski definition) is 1. The van der Waals surface area contributed by atoms with Gasteiger partial charge >= 0.3 is 0 Å². The van der Waals surface area contributed by atoms with Gasteiger partial charge in [0.25, 0.3) is 5.91 Å². The van der Waals surface area contributed by atoms with Crippen molar-refractivity contribution in [2.24, 2.45) is 5.73 Å². The van der Waals surface area contributed by atoms with E-state index in [0.717, 1.165) is 11.4 Å². The molecule has 0 saturated carbocycles. The number of fused-ring (bicyclic) bond motifs is 1. The molecule has 4 nitrogen and oxygen atoms in total. The molecule has 0 aromatic heterocycles. The first-order valence-electron chi connectivity index (χ1n) is 6.33. The van der Waals surface area contributed by atoms with Crippen LogP contribution >= 0.6 is 0 Å². The van der Waals surface area contributed by atoms with Crippen molar-refractivity contribution in [3.8, 4) is 5.75 Å². The first kappa shape index (κ1) is 12.9. The van der Waals surface area contributed by atoms with Crippen LogP contribution in [0.2, 0.25) is 0 Å². The SMILES string of the molecule is CC(C)c1ccc2c(c1)N(C(C)CN)C(=O)CO2. The van der Waals surface area contributed by atoms with Crippen molar-refractivity contribution in [3.63, 3.8) is 0 Å². The fourth-order valence-electron chi connectivity index (χ4n) is 2.14. The number of carbonyl (C=O) groups is 1. The summed E-state index contributed by atoms with van der Waals surface area (Å²) >= 11 is 0. The van der Waals surface area contributed by atoms with E-state index >= 15 is 0 Å². The summed E-state index contributed by atoms with van der Waals surface area (Å²) in [7, 11) is 0. The molecule has 1 aliphatic rings. The Bertz CT molecular complexity index is 457. The number of nitrogens with zero attached hydrogens (tertiary/aromatic N) is 1. The molecular formula is C14H20N2O2. The Morgan fingerprint density at radius 3 is 2.72 bits per heavy atom. The minimum absolute atomic E-state index is 0.0115. The molecule has 0 radical (unpaired) electrons. The van der Waals surface area contributed by atoms with Crippen molar-refractivity contribution in [3.05, 3.63) is 23.8 Å². The van der Waals surface area contributed by atoms with Gasteiger partial charge in [0, 0.05) is 12.6 Å². The van der Waals surface area contributed by atoms with Gasteiger partial charge in [-0.25, -0.2) is 0 Å². The Morgan fingerprint density at radius 1 is 1.39 bits per heavy atom. The number of rotatable bonds is 3. The first-order valence-corrected chi connectivity index (χ1v) is 6.33. The van der Waals surface area contributed by atoms with Gasteiger partial charge in [-0.15, -0.1) is 0 Å². The topological polar surface area (TPSA) is 55.6 Å². The summed E-state index contributed by atoms with van der Waals surface area (Å²) in [5.74, 6) is 1.16.